The SMILES string of the molecule is Cc1ccnc(OCC2CN(c3ccc4nncn4n3)Cc3ccnn32)n1. The number of nitrogens with zero attached hydrogens (tertiary/aromatic N) is 9. The average Bonchev–Trinajstić information content (AvgIpc) is 3.34. The van der Waals surface area contributed by atoms with Crippen molar-refractivity contribution in [3.05, 3.63) is 54.4 Å². The van der Waals surface area contributed by atoms with E-state index in [0.29, 0.717) is 19.2 Å². The van der Waals surface area contributed by atoms with E-state index in [0.717, 1.165) is 29.4 Å². The van der Waals surface area contributed by atoms with Crippen molar-refractivity contribution >= 4 is 11.5 Å². The Morgan fingerprint density at radius 1 is 1.19 bits per heavy atom. The smallest absolute Gasteiger partial charge is 0.316 e. The molecule has 10 heteroatoms. The van der Waals surface area contributed by atoms with Gasteiger partial charge in [0.1, 0.15) is 24.8 Å². The van der Waals surface area contributed by atoms with Crippen LogP contribution in [0.1, 0.15) is 17.4 Å². The summed E-state index contributed by atoms with van der Waals surface area (Å²) in [6.45, 7) is 3.76. The largest absolute Gasteiger partial charge is 0.461 e. The molecule has 0 bridgehead atoms. The van der Waals surface area contributed by atoms with E-state index in [-0.39, 0.29) is 6.04 Å². The molecular formula is C17H17N9O. The summed E-state index contributed by atoms with van der Waals surface area (Å²) in [5.41, 5.74) is 2.69. The summed E-state index contributed by atoms with van der Waals surface area (Å²) in [4.78, 5) is 10.7. The zero-order valence-corrected chi connectivity index (χ0v) is 14.7. The van der Waals surface area contributed by atoms with Gasteiger partial charge in [0, 0.05) is 24.6 Å². The number of ether oxygens (including phenoxy) is 1. The standard InChI is InChI=1S/C17H17N9O/c1-12-4-6-18-17(21-12)27-10-14-9-24(8-13-5-7-20-26(13)14)16-3-2-15-22-19-11-25(15)23-16/h2-7,11,14H,8-10H2,1H3. The molecule has 4 aromatic rings. The van der Waals surface area contributed by atoms with Gasteiger partial charge >= 0.3 is 6.01 Å². The second-order valence-electron chi connectivity index (χ2n) is 6.42. The van der Waals surface area contributed by atoms with Crippen molar-refractivity contribution in [1.29, 1.82) is 0 Å². The summed E-state index contributed by atoms with van der Waals surface area (Å²) in [6.07, 6.45) is 5.11. The Labute approximate surface area is 154 Å². The highest BCUT2D eigenvalue weighted by atomic mass is 16.5. The fraction of sp³-hybridized carbons (Fsp3) is 0.294. The summed E-state index contributed by atoms with van der Waals surface area (Å²) in [7, 11) is 0. The lowest BCUT2D eigenvalue weighted by atomic mass is 10.2. The van der Waals surface area contributed by atoms with Gasteiger partial charge in [0.15, 0.2) is 5.65 Å². The van der Waals surface area contributed by atoms with Gasteiger partial charge in [0.05, 0.1) is 12.2 Å². The summed E-state index contributed by atoms with van der Waals surface area (Å²) in [5.74, 6) is 0.853. The number of anilines is 1. The van der Waals surface area contributed by atoms with Gasteiger partial charge in [-0.15, -0.1) is 15.3 Å². The van der Waals surface area contributed by atoms with Gasteiger partial charge < -0.3 is 9.64 Å². The number of hydrogen-bond acceptors (Lipinski definition) is 8. The van der Waals surface area contributed by atoms with E-state index in [1.165, 1.54) is 0 Å². The molecule has 0 fully saturated rings. The van der Waals surface area contributed by atoms with Crippen LogP contribution in [0.4, 0.5) is 5.82 Å². The van der Waals surface area contributed by atoms with E-state index >= 15 is 0 Å². The normalized spacial score (nSPS) is 16.5. The van der Waals surface area contributed by atoms with Gasteiger partial charge in [-0.3, -0.25) is 4.68 Å². The molecule has 1 atom stereocenters. The predicted octanol–water partition coefficient (Wildman–Crippen LogP) is 1.06. The molecule has 5 heterocycles. The van der Waals surface area contributed by atoms with E-state index in [4.69, 9.17) is 4.74 Å². The predicted molar refractivity (Wildman–Crippen MR) is 95.4 cm³/mol. The third-order valence-corrected chi connectivity index (χ3v) is 4.53. The molecule has 5 rings (SSSR count). The highest BCUT2D eigenvalue weighted by Gasteiger charge is 2.27. The molecule has 1 aliphatic rings. The molecule has 0 amide bonds. The fourth-order valence-electron chi connectivity index (χ4n) is 3.24. The molecule has 27 heavy (non-hydrogen) atoms. The highest BCUT2D eigenvalue weighted by molar-refractivity contribution is 5.46. The number of aromatic nitrogens is 8. The highest BCUT2D eigenvalue weighted by Crippen LogP contribution is 2.25. The molecule has 136 valence electrons. The molecule has 0 aliphatic carbocycles. The van der Waals surface area contributed by atoms with Crippen LogP contribution in [-0.4, -0.2) is 52.7 Å². The Kier molecular flexibility index (Phi) is 3.66. The van der Waals surface area contributed by atoms with Gasteiger partial charge in [-0.1, -0.05) is 0 Å². The first-order chi connectivity index (χ1) is 13.3. The molecule has 10 nitrogen and oxygen atoms in total. The Morgan fingerprint density at radius 2 is 2.15 bits per heavy atom. The van der Waals surface area contributed by atoms with Gasteiger partial charge in [-0.2, -0.15) is 9.61 Å². The molecule has 0 N–H and O–H groups in total. The molecular weight excluding hydrogens is 346 g/mol. The van der Waals surface area contributed by atoms with Crippen LogP contribution in [0.5, 0.6) is 6.01 Å². The van der Waals surface area contributed by atoms with Crippen LogP contribution < -0.4 is 9.64 Å². The van der Waals surface area contributed by atoms with Crippen LogP contribution in [-0.2, 0) is 6.54 Å². The van der Waals surface area contributed by atoms with Gasteiger partial charge in [-0.25, -0.2) is 9.97 Å². The maximum atomic E-state index is 5.84. The first kappa shape index (κ1) is 15.7. The summed E-state index contributed by atoms with van der Waals surface area (Å²) in [6, 6.07) is 8.12. The van der Waals surface area contributed by atoms with Crippen molar-refractivity contribution < 1.29 is 4.74 Å². The third-order valence-electron chi connectivity index (χ3n) is 4.53. The quantitative estimate of drug-likeness (QED) is 0.531. The van der Waals surface area contributed by atoms with Crippen molar-refractivity contribution in [2.24, 2.45) is 0 Å². The monoisotopic (exact) mass is 363 g/mol. The molecule has 0 saturated heterocycles. The van der Waals surface area contributed by atoms with Crippen LogP contribution >= 0.6 is 0 Å². The Morgan fingerprint density at radius 3 is 3.07 bits per heavy atom. The van der Waals surface area contributed by atoms with Crippen molar-refractivity contribution in [2.75, 3.05) is 18.1 Å². The van der Waals surface area contributed by atoms with Crippen LogP contribution in [0, 0.1) is 6.92 Å². The van der Waals surface area contributed by atoms with Crippen LogP contribution in [0.15, 0.2) is 43.0 Å². The topological polar surface area (TPSA) is 99.1 Å². The number of rotatable bonds is 4. The lowest BCUT2D eigenvalue weighted by Crippen LogP contribution is -2.40. The number of aryl methyl sites for hydroxylation is 1. The fourth-order valence-corrected chi connectivity index (χ4v) is 3.24. The Hall–Kier alpha value is -3.56. The zero-order chi connectivity index (χ0) is 18.2. The lowest BCUT2D eigenvalue weighted by Gasteiger charge is -2.34. The van der Waals surface area contributed by atoms with E-state index in [1.54, 1.807) is 17.0 Å². The first-order valence-corrected chi connectivity index (χ1v) is 8.63. The van der Waals surface area contributed by atoms with Gasteiger partial charge in [0.25, 0.3) is 0 Å². The minimum atomic E-state index is 0.0197. The maximum Gasteiger partial charge on any atom is 0.316 e. The lowest BCUT2D eigenvalue weighted by molar-refractivity contribution is 0.213. The van der Waals surface area contributed by atoms with Crippen LogP contribution in [0.2, 0.25) is 0 Å². The summed E-state index contributed by atoms with van der Waals surface area (Å²) in [5, 5.41) is 17.0. The summed E-state index contributed by atoms with van der Waals surface area (Å²) < 4.78 is 9.52. The third kappa shape index (κ3) is 2.94. The van der Waals surface area contributed by atoms with E-state index in [2.05, 4.69) is 35.3 Å². The maximum absolute atomic E-state index is 5.84. The minimum absolute atomic E-state index is 0.0197. The first-order valence-electron chi connectivity index (χ1n) is 8.63. The zero-order valence-electron chi connectivity index (χ0n) is 14.7. The van der Waals surface area contributed by atoms with E-state index in [1.807, 2.05) is 42.1 Å². The molecule has 0 saturated carbocycles. The molecule has 0 spiro atoms. The van der Waals surface area contributed by atoms with Gasteiger partial charge in [-0.05, 0) is 31.2 Å². The molecule has 4 aromatic heterocycles. The van der Waals surface area contributed by atoms with Crippen molar-refractivity contribution in [3.63, 3.8) is 0 Å². The van der Waals surface area contributed by atoms with Crippen molar-refractivity contribution in [1.82, 2.24) is 39.6 Å². The number of fused-ring (bicyclic) bond motifs is 2. The second kappa shape index (κ2) is 6.31. The minimum Gasteiger partial charge on any atom is -0.461 e. The van der Waals surface area contributed by atoms with Crippen LogP contribution in [0.3, 0.4) is 0 Å². The Balaban J connectivity index is 1.40. The van der Waals surface area contributed by atoms with E-state index < -0.39 is 0 Å². The van der Waals surface area contributed by atoms with Gasteiger partial charge in [0.2, 0.25) is 0 Å². The molecule has 1 aliphatic heterocycles. The van der Waals surface area contributed by atoms with E-state index in [9.17, 15) is 0 Å². The molecule has 0 aromatic carbocycles. The second-order valence-corrected chi connectivity index (χ2v) is 6.42. The van der Waals surface area contributed by atoms with Crippen LogP contribution in [0.25, 0.3) is 5.65 Å². The summed E-state index contributed by atoms with van der Waals surface area (Å²) >= 11 is 0. The van der Waals surface area contributed by atoms with Crippen molar-refractivity contribution in [2.45, 2.75) is 19.5 Å². The average molecular weight is 363 g/mol. The molecule has 1 unspecified atom stereocenters. The number of hydrogen-bond donors (Lipinski definition) is 0. The van der Waals surface area contributed by atoms with Crippen molar-refractivity contribution in [3.8, 4) is 6.01 Å². The Bertz CT molecular complexity index is 1090. The molecule has 0 radical (unpaired) electrons.